The quantitative estimate of drug-likeness (QED) is 0.0174. The Hall–Kier alpha value is -7.72. The number of amides is 9. The fourth-order valence-corrected chi connectivity index (χ4v) is 7.02. The number of carboxylic acids is 1. The Kier molecular flexibility index (Phi) is 27.9. The Labute approximate surface area is 428 Å². The van der Waals surface area contributed by atoms with Gasteiger partial charge in [0.15, 0.2) is 5.96 Å². The van der Waals surface area contributed by atoms with Gasteiger partial charge < -0.3 is 86.4 Å². The van der Waals surface area contributed by atoms with Gasteiger partial charge in [-0.3, -0.25) is 48.1 Å². The van der Waals surface area contributed by atoms with Crippen molar-refractivity contribution in [3.63, 3.8) is 0 Å². The van der Waals surface area contributed by atoms with Gasteiger partial charge in [0.1, 0.15) is 42.3 Å². The van der Waals surface area contributed by atoms with Crippen LogP contribution in [0, 0.1) is 5.92 Å². The predicted molar refractivity (Wildman–Crippen MR) is 268 cm³/mol. The molecule has 2 aromatic rings. The van der Waals surface area contributed by atoms with Crippen molar-refractivity contribution in [2.45, 2.75) is 133 Å². The maximum Gasteiger partial charge on any atom is 0.326 e. The van der Waals surface area contributed by atoms with Crippen molar-refractivity contribution in [1.29, 1.82) is 0 Å². The fourth-order valence-electron chi connectivity index (χ4n) is 7.02. The summed E-state index contributed by atoms with van der Waals surface area (Å²) >= 11 is 0. The lowest BCUT2D eigenvalue weighted by Crippen LogP contribution is -2.60. The van der Waals surface area contributed by atoms with Gasteiger partial charge >= 0.3 is 5.97 Å². The van der Waals surface area contributed by atoms with E-state index in [4.69, 9.17) is 28.7 Å². The molecule has 0 saturated heterocycles. The van der Waals surface area contributed by atoms with E-state index in [0.29, 0.717) is 43.5 Å². The van der Waals surface area contributed by atoms with Crippen LogP contribution in [0.4, 0.5) is 0 Å². The molecule has 28 nitrogen and oxygen atoms in total. The van der Waals surface area contributed by atoms with Gasteiger partial charge in [-0.25, -0.2) is 9.78 Å². The van der Waals surface area contributed by atoms with Gasteiger partial charge in [0.2, 0.25) is 53.2 Å². The molecule has 9 amide bonds. The molecular weight excluding hydrogens is 969 g/mol. The number of aliphatic hydroxyl groups excluding tert-OH is 1. The number of primary amides is 1. The van der Waals surface area contributed by atoms with Gasteiger partial charge in [-0.05, 0) is 57.1 Å². The van der Waals surface area contributed by atoms with E-state index in [1.54, 1.807) is 44.2 Å². The van der Waals surface area contributed by atoms with Crippen molar-refractivity contribution in [3.8, 4) is 0 Å². The number of aromatic amines is 1. The Morgan fingerprint density at radius 2 is 1.31 bits per heavy atom. The van der Waals surface area contributed by atoms with Crippen LogP contribution in [0.25, 0.3) is 0 Å². The molecule has 0 spiro atoms. The number of unbranched alkanes of at least 4 members (excludes halogenated alkanes) is 1. The number of nitrogens with zero attached hydrogens (tertiary/aromatic N) is 2. The van der Waals surface area contributed by atoms with Crippen molar-refractivity contribution in [3.05, 3.63) is 54.1 Å². The van der Waals surface area contributed by atoms with E-state index in [-0.39, 0.29) is 51.0 Å². The number of imidazole rings is 1. The second-order valence-corrected chi connectivity index (χ2v) is 17.5. The predicted octanol–water partition coefficient (Wildman–Crippen LogP) is -5.38. The Balaban J connectivity index is 2.26. The summed E-state index contributed by atoms with van der Waals surface area (Å²) in [6.45, 7) is 3.47. The zero-order valence-electron chi connectivity index (χ0n) is 41.9. The molecule has 21 N–H and O–H groups in total. The minimum absolute atomic E-state index is 0.0322. The number of aliphatic imine (C=N–C) groups is 1. The molecule has 0 radical (unpaired) electrons. The molecule has 1 heterocycles. The molecule has 410 valence electrons. The number of H-pyrrole nitrogens is 1. The van der Waals surface area contributed by atoms with Gasteiger partial charge in [-0.2, -0.15) is 0 Å². The maximum absolute atomic E-state index is 14.1. The van der Waals surface area contributed by atoms with E-state index in [2.05, 4.69) is 57.5 Å². The van der Waals surface area contributed by atoms with Crippen molar-refractivity contribution in [2.75, 3.05) is 26.2 Å². The summed E-state index contributed by atoms with van der Waals surface area (Å²) in [4.78, 5) is 142. The van der Waals surface area contributed by atoms with E-state index in [9.17, 15) is 58.2 Å². The first kappa shape index (κ1) is 62.4. The first-order valence-electron chi connectivity index (χ1n) is 24.1. The van der Waals surface area contributed by atoms with Gasteiger partial charge in [0.25, 0.3) is 0 Å². The summed E-state index contributed by atoms with van der Waals surface area (Å²) in [7, 11) is 0. The van der Waals surface area contributed by atoms with Crippen LogP contribution in [-0.2, 0) is 60.8 Å². The minimum Gasteiger partial charge on any atom is -0.480 e. The highest BCUT2D eigenvalue weighted by atomic mass is 16.4. The molecular formula is C46H74N16O12. The summed E-state index contributed by atoms with van der Waals surface area (Å²) in [5, 5.41) is 39.6. The molecule has 28 heteroatoms. The minimum atomic E-state index is -1.72. The zero-order valence-corrected chi connectivity index (χ0v) is 41.9. The van der Waals surface area contributed by atoms with Gasteiger partial charge in [-0.1, -0.05) is 57.0 Å². The van der Waals surface area contributed by atoms with Crippen LogP contribution < -0.4 is 71.2 Å². The number of benzene rings is 1. The molecule has 1 aromatic carbocycles. The maximum atomic E-state index is 14.1. The summed E-state index contributed by atoms with van der Waals surface area (Å²) in [5.41, 5.74) is 28.8. The second-order valence-electron chi connectivity index (χ2n) is 17.5. The summed E-state index contributed by atoms with van der Waals surface area (Å²) in [6, 6.07) is -2.56. The molecule has 0 aliphatic rings. The standard InChI is InChI=1S/C46H74N16O12/c1-4-25(2)37(62-39(67)29(48)13-8-9-17-47)44(72)59-31(15-16-35(49)64)41(69)56-26(3)38(66)61-34(23-63)43(71)60-32(19-27-11-6-5-7-12-27)42(70)58-30(14-10-18-53-46(50)51)40(68)54-22-36(65)57-33(45(73)74)20-28-21-52-24-55-28/h5-7,11-12,21,24-26,29-34,37,63H,4,8-10,13-20,22-23,47-48H2,1-3H3,(H2,49,64)(H,52,55)(H,54,68)(H,56,69)(H,57,65)(H,58,70)(H,59,72)(H,60,71)(H,61,66)(H,62,67)(H,73,74)(H4,50,51,53)/t25-,26-,29-,30-,31-,32-,33-,34-,37-/m0/s1. The molecule has 2 rings (SSSR count). The Morgan fingerprint density at radius 1 is 0.689 bits per heavy atom. The SMILES string of the molecule is CC[C@H](C)[C@H](NC(=O)[C@@H](N)CCCCN)C(=O)N[C@@H](CCC(N)=O)C(=O)N[C@@H](C)C(=O)N[C@@H](CO)C(=O)N[C@@H](Cc1ccccc1)C(=O)N[C@@H](CCCN=C(N)N)C(=O)NCC(=O)N[C@@H](Cc1cnc[nH]1)C(=O)O. The number of carboxylic acid groups (broad SMARTS) is 1. The van der Waals surface area contributed by atoms with Crippen molar-refractivity contribution >= 4 is 65.1 Å². The number of aliphatic carboxylic acids is 1. The van der Waals surface area contributed by atoms with Crippen LogP contribution in [-0.4, -0.2) is 160 Å². The average molecular weight is 1040 g/mol. The highest BCUT2D eigenvalue weighted by Gasteiger charge is 2.34. The third-order valence-electron chi connectivity index (χ3n) is 11.5. The first-order valence-corrected chi connectivity index (χ1v) is 24.1. The Bertz CT molecular complexity index is 2200. The van der Waals surface area contributed by atoms with Crippen LogP contribution in [0.15, 0.2) is 47.8 Å². The largest absolute Gasteiger partial charge is 0.480 e. The van der Waals surface area contributed by atoms with E-state index < -0.39 is 127 Å². The molecule has 0 saturated carbocycles. The number of aromatic nitrogens is 2. The second kappa shape index (κ2) is 33.1. The number of guanidine groups is 1. The molecule has 1 aromatic heterocycles. The molecule has 0 aliphatic carbocycles. The number of nitrogens with two attached hydrogens (primary N) is 5. The van der Waals surface area contributed by atoms with Gasteiger partial charge in [0.05, 0.1) is 25.5 Å². The summed E-state index contributed by atoms with van der Waals surface area (Å²) in [5.74, 6) is -9.84. The van der Waals surface area contributed by atoms with Crippen LogP contribution in [0.1, 0.15) is 83.4 Å². The van der Waals surface area contributed by atoms with Crippen LogP contribution in [0.5, 0.6) is 0 Å². The highest BCUT2D eigenvalue weighted by molar-refractivity contribution is 5.98. The number of hydrogen-bond acceptors (Lipinski definition) is 15. The lowest BCUT2D eigenvalue weighted by molar-refractivity contribution is -0.141. The molecule has 0 unspecified atom stereocenters. The average Bonchev–Trinajstić information content (AvgIpc) is 3.88. The van der Waals surface area contributed by atoms with Crippen molar-refractivity contribution in [1.82, 2.24) is 52.5 Å². The van der Waals surface area contributed by atoms with Crippen LogP contribution >= 0.6 is 0 Å². The summed E-state index contributed by atoms with van der Waals surface area (Å²) < 4.78 is 0. The molecule has 0 fully saturated rings. The molecule has 0 bridgehead atoms. The number of hydrogen-bond donors (Lipinski definition) is 16. The van der Waals surface area contributed by atoms with E-state index >= 15 is 0 Å². The first-order chi connectivity index (χ1) is 35.1. The van der Waals surface area contributed by atoms with Crippen LogP contribution in [0.2, 0.25) is 0 Å². The molecule has 0 aliphatic heterocycles. The number of nitrogens with one attached hydrogen (secondary N) is 9. The smallest absolute Gasteiger partial charge is 0.326 e. The van der Waals surface area contributed by atoms with Crippen molar-refractivity contribution < 1.29 is 58.2 Å². The third-order valence-corrected chi connectivity index (χ3v) is 11.5. The normalized spacial score (nSPS) is 14.6. The number of aliphatic hydroxyl groups is 1. The lowest BCUT2D eigenvalue weighted by Gasteiger charge is -2.28. The van der Waals surface area contributed by atoms with Crippen LogP contribution in [0.3, 0.4) is 0 Å². The number of carbonyl (C=O) groups excluding carboxylic acids is 9. The Morgan fingerprint density at radius 3 is 1.91 bits per heavy atom. The van der Waals surface area contributed by atoms with Crippen molar-refractivity contribution in [2.24, 2.45) is 39.6 Å². The third kappa shape index (κ3) is 23.2. The van der Waals surface area contributed by atoms with E-state index in [0.717, 1.165) is 0 Å². The highest BCUT2D eigenvalue weighted by Crippen LogP contribution is 2.12. The van der Waals surface area contributed by atoms with E-state index in [1.807, 2.05) is 0 Å². The topological polar surface area (TPSA) is 479 Å². The lowest BCUT2D eigenvalue weighted by atomic mass is 9.96. The number of rotatable bonds is 35. The molecule has 9 atom stereocenters. The zero-order chi connectivity index (χ0) is 55.3. The van der Waals surface area contributed by atoms with Gasteiger partial charge in [-0.15, -0.1) is 0 Å². The monoisotopic (exact) mass is 1040 g/mol. The van der Waals surface area contributed by atoms with Gasteiger partial charge in [0, 0.05) is 37.7 Å². The molecule has 74 heavy (non-hydrogen) atoms. The summed E-state index contributed by atoms with van der Waals surface area (Å²) in [6.07, 6.45) is 3.76. The number of carbonyl (C=O) groups is 10. The van der Waals surface area contributed by atoms with E-state index in [1.165, 1.54) is 19.4 Å². The fraction of sp³-hybridized carbons (Fsp3) is 0.565.